The summed E-state index contributed by atoms with van der Waals surface area (Å²) in [6, 6.07) is 24.1. The van der Waals surface area contributed by atoms with E-state index >= 15 is 0 Å². The summed E-state index contributed by atoms with van der Waals surface area (Å²) in [5.74, 6) is 0.862. The van der Waals surface area contributed by atoms with Crippen molar-refractivity contribution < 1.29 is 9.53 Å². The molecule has 0 bridgehead atoms. The van der Waals surface area contributed by atoms with Crippen molar-refractivity contribution in [2.24, 2.45) is 0 Å². The highest BCUT2D eigenvalue weighted by Crippen LogP contribution is 2.24. The molecular formula is C24H25NO2. The molecule has 0 aliphatic heterocycles. The van der Waals surface area contributed by atoms with Crippen molar-refractivity contribution in [3.63, 3.8) is 0 Å². The van der Waals surface area contributed by atoms with Crippen LogP contribution < -0.4 is 10.1 Å². The highest BCUT2D eigenvalue weighted by Gasteiger charge is 2.09. The summed E-state index contributed by atoms with van der Waals surface area (Å²) in [5.41, 5.74) is 5.49. The molecule has 0 unspecified atom stereocenters. The Bertz CT molecular complexity index is 896. The highest BCUT2D eigenvalue weighted by molar-refractivity contribution is 5.92. The average Bonchev–Trinajstić information content (AvgIpc) is 2.68. The zero-order chi connectivity index (χ0) is 19.2. The van der Waals surface area contributed by atoms with Gasteiger partial charge in [-0.2, -0.15) is 0 Å². The lowest BCUT2D eigenvalue weighted by Crippen LogP contribution is -2.21. The summed E-state index contributed by atoms with van der Waals surface area (Å²) in [7, 11) is 0. The predicted molar refractivity (Wildman–Crippen MR) is 111 cm³/mol. The van der Waals surface area contributed by atoms with E-state index in [0.29, 0.717) is 11.7 Å². The molecule has 3 aromatic rings. The summed E-state index contributed by atoms with van der Waals surface area (Å²) >= 11 is 0. The zero-order valence-electron chi connectivity index (χ0n) is 16.0. The van der Waals surface area contributed by atoms with Gasteiger partial charge in [0.1, 0.15) is 5.75 Å². The van der Waals surface area contributed by atoms with Crippen LogP contribution in [0.15, 0.2) is 72.8 Å². The molecule has 3 heteroatoms. The molecule has 1 amide bonds. The van der Waals surface area contributed by atoms with Gasteiger partial charge in [0.05, 0.1) is 0 Å². The molecule has 0 saturated heterocycles. The Balaban J connectivity index is 1.58. The Morgan fingerprint density at radius 3 is 2.11 bits per heavy atom. The van der Waals surface area contributed by atoms with Gasteiger partial charge in [0.2, 0.25) is 0 Å². The number of hydrogen-bond donors (Lipinski definition) is 1. The van der Waals surface area contributed by atoms with E-state index in [2.05, 4.69) is 50.4 Å². The number of hydrogen-bond acceptors (Lipinski definition) is 2. The molecule has 0 aliphatic rings. The van der Waals surface area contributed by atoms with Crippen molar-refractivity contribution in [1.29, 1.82) is 0 Å². The molecule has 0 spiro atoms. The van der Waals surface area contributed by atoms with Gasteiger partial charge in [-0.05, 0) is 47.7 Å². The van der Waals surface area contributed by atoms with Crippen molar-refractivity contribution in [2.75, 3.05) is 11.9 Å². The van der Waals surface area contributed by atoms with E-state index in [0.717, 1.165) is 22.4 Å². The van der Waals surface area contributed by atoms with Crippen LogP contribution in [0.4, 0.5) is 5.69 Å². The number of anilines is 1. The maximum Gasteiger partial charge on any atom is 0.262 e. The summed E-state index contributed by atoms with van der Waals surface area (Å²) < 4.78 is 5.64. The number of nitrogens with one attached hydrogen (secondary N) is 1. The average molecular weight is 359 g/mol. The first kappa shape index (κ1) is 18.7. The van der Waals surface area contributed by atoms with E-state index in [1.54, 1.807) is 0 Å². The number of aryl methyl sites for hydroxylation is 1. The van der Waals surface area contributed by atoms with Crippen LogP contribution in [0.1, 0.15) is 30.9 Å². The van der Waals surface area contributed by atoms with Crippen molar-refractivity contribution in [3.05, 3.63) is 83.9 Å². The fourth-order valence-corrected chi connectivity index (χ4v) is 2.94. The van der Waals surface area contributed by atoms with Gasteiger partial charge >= 0.3 is 0 Å². The normalized spacial score (nSPS) is 10.7. The Morgan fingerprint density at radius 1 is 0.889 bits per heavy atom. The predicted octanol–water partition coefficient (Wildman–Crippen LogP) is 5.80. The lowest BCUT2D eigenvalue weighted by molar-refractivity contribution is -0.118. The lowest BCUT2D eigenvalue weighted by Gasteiger charge is -2.14. The number of amides is 1. The van der Waals surface area contributed by atoms with E-state index in [9.17, 15) is 4.79 Å². The van der Waals surface area contributed by atoms with Gasteiger partial charge in [-0.25, -0.2) is 0 Å². The van der Waals surface area contributed by atoms with E-state index < -0.39 is 0 Å². The molecule has 3 rings (SSSR count). The molecule has 138 valence electrons. The van der Waals surface area contributed by atoms with Gasteiger partial charge < -0.3 is 10.1 Å². The molecule has 0 aromatic heterocycles. The van der Waals surface area contributed by atoms with Gasteiger partial charge in [-0.3, -0.25) is 4.79 Å². The molecule has 0 aliphatic carbocycles. The van der Waals surface area contributed by atoms with E-state index in [1.807, 2.05) is 48.5 Å². The van der Waals surface area contributed by atoms with Crippen molar-refractivity contribution in [2.45, 2.75) is 26.7 Å². The third-order valence-electron chi connectivity index (χ3n) is 4.47. The molecule has 0 radical (unpaired) electrons. The van der Waals surface area contributed by atoms with Crippen molar-refractivity contribution in [1.82, 2.24) is 0 Å². The second kappa shape index (κ2) is 8.54. The monoisotopic (exact) mass is 359 g/mol. The van der Waals surface area contributed by atoms with Gasteiger partial charge in [-0.15, -0.1) is 0 Å². The standard InChI is InChI=1S/C24H25NO2/c1-17(2)22-6-4-5-7-23(22)25-24(26)16-27-21-14-12-20(13-15-21)19-10-8-18(3)9-11-19/h4-15,17H,16H2,1-3H3,(H,25,26). The third-order valence-corrected chi connectivity index (χ3v) is 4.47. The number of benzene rings is 3. The van der Waals surface area contributed by atoms with Gasteiger partial charge in [-0.1, -0.05) is 74.0 Å². The Kier molecular flexibility index (Phi) is 5.92. The van der Waals surface area contributed by atoms with Crippen LogP contribution in [-0.2, 0) is 4.79 Å². The fourth-order valence-electron chi connectivity index (χ4n) is 2.94. The summed E-state index contributed by atoms with van der Waals surface area (Å²) in [4.78, 5) is 12.2. The largest absolute Gasteiger partial charge is 0.484 e. The smallest absolute Gasteiger partial charge is 0.262 e. The van der Waals surface area contributed by atoms with E-state index in [-0.39, 0.29) is 12.5 Å². The Morgan fingerprint density at radius 2 is 1.48 bits per heavy atom. The minimum Gasteiger partial charge on any atom is -0.484 e. The molecule has 1 N–H and O–H groups in total. The molecule has 3 nitrogen and oxygen atoms in total. The first-order valence-electron chi connectivity index (χ1n) is 9.21. The first-order chi connectivity index (χ1) is 13.0. The van der Waals surface area contributed by atoms with Crippen LogP contribution in [-0.4, -0.2) is 12.5 Å². The van der Waals surface area contributed by atoms with Crippen LogP contribution in [0.2, 0.25) is 0 Å². The SMILES string of the molecule is Cc1ccc(-c2ccc(OCC(=O)Nc3ccccc3C(C)C)cc2)cc1. The fraction of sp³-hybridized carbons (Fsp3) is 0.208. The number of ether oxygens (including phenoxy) is 1. The molecular weight excluding hydrogens is 334 g/mol. The van der Waals surface area contributed by atoms with Crippen LogP contribution in [0.5, 0.6) is 5.75 Å². The third kappa shape index (κ3) is 4.98. The minimum absolute atomic E-state index is 0.0176. The van der Waals surface area contributed by atoms with Gasteiger partial charge in [0.15, 0.2) is 6.61 Å². The van der Waals surface area contributed by atoms with Crippen molar-refractivity contribution in [3.8, 4) is 16.9 Å². The van der Waals surface area contributed by atoms with Crippen LogP contribution in [0.25, 0.3) is 11.1 Å². The summed E-state index contributed by atoms with van der Waals surface area (Å²) in [6.45, 7) is 6.27. The van der Waals surface area contributed by atoms with Gasteiger partial charge in [0.25, 0.3) is 5.91 Å². The second-order valence-electron chi connectivity index (χ2n) is 6.97. The van der Waals surface area contributed by atoms with E-state index in [1.165, 1.54) is 5.56 Å². The van der Waals surface area contributed by atoms with E-state index in [4.69, 9.17) is 4.74 Å². The maximum atomic E-state index is 12.2. The van der Waals surface area contributed by atoms with Crippen molar-refractivity contribution >= 4 is 11.6 Å². The summed E-state index contributed by atoms with van der Waals surface area (Å²) in [6.07, 6.45) is 0. The maximum absolute atomic E-state index is 12.2. The molecule has 0 fully saturated rings. The molecule has 0 heterocycles. The highest BCUT2D eigenvalue weighted by atomic mass is 16.5. The molecule has 0 saturated carbocycles. The molecule has 3 aromatic carbocycles. The van der Waals surface area contributed by atoms with Crippen LogP contribution in [0.3, 0.4) is 0 Å². The molecule has 27 heavy (non-hydrogen) atoms. The Labute approximate surface area is 161 Å². The summed E-state index contributed by atoms with van der Waals surface area (Å²) in [5, 5.41) is 2.94. The zero-order valence-corrected chi connectivity index (χ0v) is 16.0. The second-order valence-corrected chi connectivity index (χ2v) is 6.97. The quantitative estimate of drug-likeness (QED) is 0.604. The number of carbonyl (C=O) groups is 1. The topological polar surface area (TPSA) is 38.3 Å². The Hall–Kier alpha value is -3.07. The number of para-hydroxylation sites is 1. The van der Waals surface area contributed by atoms with Gasteiger partial charge in [0, 0.05) is 5.69 Å². The number of carbonyl (C=O) groups excluding carboxylic acids is 1. The minimum atomic E-state index is -0.161. The molecule has 0 atom stereocenters. The lowest BCUT2D eigenvalue weighted by atomic mass is 10.0. The van der Waals surface area contributed by atoms with Crippen LogP contribution in [0, 0.1) is 6.92 Å². The first-order valence-corrected chi connectivity index (χ1v) is 9.21. The number of rotatable bonds is 6. The van der Waals surface area contributed by atoms with Crippen LogP contribution >= 0.6 is 0 Å².